The number of piperazine rings is 1. The molecular formula is C19H26ClN7O2. The third-order valence-corrected chi connectivity index (χ3v) is 5.88. The SMILES string of the molecule is Clc1nc2c(N3CCCC3)nc(N3CCNCC3)nc2nc1OC1CCCOC1. The average molecular weight is 420 g/mol. The van der Waals surface area contributed by atoms with E-state index in [4.69, 9.17) is 31.0 Å². The highest BCUT2D eigenvalue weighted by Crippen LogP contribution is 2.32. The molecule has 3 fully saturated rings. The van der Waals surface area contributed by atoms with Crippen molar-refractivity contribution in [1.29, 1.82) is 0 Å². The fourth-order valence-electron chi connectivity index (χ4n) is 4.08. The second-order valence-corrected chi connectivity index (χ2v) is 8.09. The maximum Gasteiger partial charge on any atom is 0.254 e. The predicted octanol–water partition coefficient (Wildman–Crippen LogP) is 1.64. The second kappa shape index (κ2) is 8.41. The van der Waals surface area contributed by atoms with E-state index in [1.165, 1.54) is 0 Å². The molecule has 29 heavy (non-hydrogen) atoms. The van der Waals surface area contributed by atoms with E-state index in [2.05, 4.69) is 25.1 Å². The number of rotatable bonds is 4. The number of fused-ring (bicyclic) bond motifs is 1. The first-order valence-corrected chi connectivity index (χ1v) is 10.9. The van der Waals surface area contributed by atoms with Gasteiger partial charge in [-0.15, -0.1) is 0 Å². The molecule has 5 heterocycles. The summed E-state index contributed by atoms with van der Waals surface area (Å²) in [6, 6.07) is 0. The fraction of sp³-hybridized carbons (Fsp3) is 0.684. The summed E-state index contributed by atoms with van der Waals surface area (Å²) >= 11 is 6.46. The third-order valence-electron chi connectivity index (χ3n) is 5.63. The number of hydrogen-bond acceptors (Lipinski definition) is 9. The minimum absolute atomic E-state index is 0.0551. The summed E-state index contributed by atoms with van der Waals surface area (Å²) in [6.07, 6.45) is 4.14. The van der Waals surface area contributed by atoms with Gasteiger partial charge in [-0.2, -0.15) is 15.0 Å². The first-order chi connectivity index (χ1) is 14.3. The zero-order valence-corrected chi connectivity index (χ0v) is 17.2. The van der Waals surface area contributed by atoms with E-state index in [0.717, 1.165) is 77.4 Å². The van der Waals surface area contributed by atoms with Crippen LogP contribution in [0.1, 0.15) is 25.7 Å². The largest absolute Gasteiger partial charge is 0.470 e. The molecule has 0 spiro atoms. The molecule has 0 radical (unpaired) electrons. The van der Waals surface area contributed by atoms with E-state index in [9.17, 15) is 0 Å². The predicted molar refractivity (Wildman–Crippen MR) is 111 cm³/mol. The summed E-state index contributed by atoms with van der Waals surface area (Å²) in [6.45, 7) is 6.82. The van der Waals surface area contributed by atoms with Crippen LogP contribution in [0.5, 0.6) is 5.88 Å². The van der Waals surface area contributed by atoms with Crippen LogP contribution in [-0.4, -0.2) is 78.5 Å². The number of hydrogen-bond donors (Lipinski definition) is 1. The molecule has 0 saturated carbocycles. The Bertz CT molecular complexity index is 865. The highest BCUT2D eigenvalue weighted by molar-refractivity contribution is 6.31. The number of ether oxygens (including phenoxy) is 2. The monoisotopic (exact) mass is 419 g/mol. The molecule has 0 amide bonds. The zero-order valence-electron chi connectivity index (χ0n) is 16.4. The molecule has 0 aliphatic carbocycles. The molecule has 2 aromatic rings. The van der Waals surface area contributed by atoms with Crippen LogP contribution < -0.4 is 19.9 Å². The van der Waals surface area contributed by atoms with Gasteiger partial charge in [0.25, 0.3) is 5.88 Å². The van der Waals surface area contributed by atoms with Crippen molar-refractivity contribution in [3.8, 4) is 5.88 Å². The van der Waals surface area contributed by atoms with Gasteiger partial charge in [0.1, 0.15) is 6.10 Å². The molecule has 9 nitrogen and oxygen atoms in total. The number of nitrogens with zero attached hydrogens (tertiary/aromatic N) is 6. The minimum atomic E-state index is -0.0551. The van der Waals surface area contributed by atoms with Gasteiger partial charge in [0.15, 0.2) is 22.1 Å². The van der Waals surface area contributed by atoms with Gasteiger partial charge in [0, 0.05) is 45.9 Å². The van der Waals surface area contributed by atoms with Gasteiger partial charge < -0.3 is 24.6 Å². The summed E-state index contributed by atoms with van der Waals surface area (Å²) in [7, 11) is 0. The van der Waals surface area contributed by atoms with Crippen LogP contribution in [0, 0.1) is 0 Å². The van der Waals surface area contributed by atoms with Gasteiger partial charge in [0.2, 0.25) is 5.95 Å². The summed E-state index contributed by atoms with van der Waals surface area (Å²) in [5, 5.41) is 3.62. The van der Waals surface area contributed by atoms with Crippen LogP contribution in [0.4, 0.5) is 11.8 Å². The topological polar surface area (TPSA) is 88.5 Å². The molecular weight excluding hydrogens is 394 g/mol. The molecule has 5 rings (SSSR count). The van der Waals surface area contributed by atoms with Crippen molar-refractivity contribution in [3.05, 3.63) is 5.15 Å². The van der Waals surface area contributed by atoms with E-state index in [0.29, 0.717) is 29.6 Å². The van der Waals surface area contributed by atoms with Gasteiger partial charge in [-0.05, 0) is 25.7 Å². The molecule has 1 unspecified atom stereocenters. The Morgan fingerprint density at radius 1 is 0.966 bits per heavy atom. The standard InChI is InChI=1S/C19H26ClN7O2/c20-15-18(29-13-4-3-11-28-12-13)23-16-14(22-15)17(26-7-1-2-8-26)25-19(24-16)27-9-5-21-6-10-27/h13,21H,1-12H2. The first kappa shape index (κ1) is 19.0. The maximum atomic E-state index is 6.46. The van der Waals surface area contributed by atoms with Crippen molar-refractivity contribution < 1.29 is 9.47 Å². The van der Waals surface area contributed by atoms with Crippen LogP contribution in [0.2, 0.25) is 5.15 Å². The lowest BCUT2D eigenvalue weighted by Crippen LogP contribution is -2.44. The lowest BCUT2D eigenvalue weighted by atomic mass is 10.2. The van der Waals surface area contributed by atoms with E-state index in [-0.39, 0.29) is 11.3 Å². The smallest absolute Gasteiger partial charge is 0.254 e. The molecule has 3 aliphatic rings. The van der Waals surface area contributed by atoms with Crippen molar-refractivity contribution >= 4 is 34.5 Å². The van der Waals surface area contributed by atoms with E-state index >= 15 is 0 Å². The molecule has 2 aromatic heterocycles. The molecule has 10 heteroatoms. The molecule has 1 atom stereocenters. The van der Waals surface area contributed by atoms with E-state index < -0.39 is 0 Å². The zero-order chi connectivity index (χ0) is 19.6. The van der Waals surface area contributed by atoms with E-state index in [1.54, 1.807) is 0 Å². The summed E-state index contributed by atoms with van der Waals surface area (Å²) in [5.41, 5.74) is 1.18. The molecule has 1 N–H and O–H groups in total. The first-order valence-electron chi connectivity index (χ1n) is 10.5. The summed E-state index contributed by atoms with van der Waals surface area (Å²) < 4.78 is 11.5. The lowest BCUT2D eigenvalue weighted by Gasteiger charge is -2.28. The molecule has 156 valence electrons. The van der Waals surface area contributed by atoms with Crippen LogP contribution in [0.3, 0.4) is 0 Å². The van der Waals surface area contributed by atoms with Gasteiger partial charge in [-0.3, -0.25) is 0 Å². The number of nitrogens with one attached hydrogen (secondary N) is 1. The van der Waals surface area contributed by atoms with Gasteiger partial charge >= 0.3 is 0 Å². The normalized spacial score (nSPS) is 23.0. The van der Waals surface area contributed by atoms with Crippen molar-refractivity contribution in [1.82, 2.24) is 25.3 Å². The molecule has 0 bridgehead atoms. The Morgan fingerprint density at radius 2 is 1.79 bits per heavy atom. The number of anilines is 2. The van der Waals surface area contributed by atoms with Gasteiger partial charge in [0.05, 0.1) is 6.61 Å². The van der Waals surface area contributed by atoms with Gasteiger partial charge in [-0.25, -0.2) is 4.98 Å². The highest BCUT2D eigenvalue weighted by Gasteiger charge is 2.25. The van der Waals surface area contributed by atoms with Gasteiger partial charge in [-0.1, -0.05) is 11.6 Å². The Labute approximate surface area is 174 Å². The van der Waals surface area contributed by atoms with Crippen LogP contribution >= 0.6 is 11.6 Å². The van der Waals surface area contributed by atoms with Crippen molar-refractivity contribution in [2.75, 3.05) is 62.3 Å². The highest BCUT2D eigenvalue weighted by atomic mass is 35.5. The lowest BCUT2D eigenvalue weighted by molar-refractivity contribution is 0.00552. The fourth-order valence-corrected chi connectivity index (χ4v) is 4.25. The summed E-state index contributed by atoms with van der Waals surface area (Å²) in [4.78, 5) is 23.4. The third kappa shape index (κ3) is 4.04. The van der Waals surface area contributed by atoms with Crippen molar-refractivity contribution in [2.24, 2.45) is 0 Å². The van der Waals surface area contributed by atoms with E-state index in [1.807, 2.05) is 0 Å². The van der Waals surface area contributed by atoms with Crippen molar-refractivity contribution in [3.63, 3.8) is 0 Å². The second-order valence-electron chi connectivity index (χ2n) is 7.73. The Morgan fingerprint density at radius 3 is 2.55 bits per heavy atom. The number of halogens is 1. The van der Waals surface area contributed by atoms with Crippen LogP contribution in [0.15, 0.2) is 0 Å². The van der Waals surface area contributed by atoms with Crippen molar-refractivity contribution in [2.45, 2.75) is 31.8 Å². The maximum absolute atomic E-state index is 6.46. The average Bonchev–Trinajstić information content (AvgIpc) is 3.30. The Kier molecular flexibility index (Phi) is 5.52. The van der Waals surface area contributed by atoms with Crippen LogP contribution in [-0.2, 0) is 4.74 Å². The minimum Gasteiger partial charge on any atom is -0.470 e. The Hall–Kier alpha value is -1.97. The van der Waals surface area contributed by atoms with Crippen LogP contribution in [0.25, 0.3) is 11.2 Å². The summed E-state index contributed by atoms with van der Waals surface area (Å²) in [5.74, 6) is 1.85. The number of aromatic nitrogens is 4. The molecule has 3 saturated heterocycles. The Balaban J connectivity index is 1.54. The molecule has 3 aliphatic heterocycles. The quantitative estimate of drug-likeness (QED) is 0.794. The molecule has 0 aromatic carbocycles.